The summed E-state index contributed by atoms with van der Waals surface area (Å²) in [6.07, 6.45) is 1.62. The van der Waals surface area contributed by atoms with Crippen molar-refractivity contribution in [1.29, 1.82) is 0 Å². The van der Waals surface area contributed by atoms with E-state index in [1.165, 1.54) is 24.3 Å². The molecule has 0 spiro atoms. The number of rotatable bonds is 5. The van der Waals surface area contributed by atoms with Crippen molar-refractivity contribution < 1.29 is 14.0 Å². The van der Waals surface area contributed by atoms with Crippen LogP contribution in [0, 0.1) is 5.82 Å². The number of benzene rings is 4. The summed E-state index contributed by atoms with van der Waals surface area (Å²) in [4.78, 5) is 24.0. The number of nitrogens with zero attached hydrogens (tertiary/aromatic N) is 1. The maximum absolute atomic E-state index is 12.9. The minimum absolute atomic E-state index is 0.246. The number of fused-ring (bicyclic) bond motifs is 2. The van der Waals surface area contributed by atoms with Gasteiger partial charge in [0.2, 0.25) is 0 Å². The van der Waals surface area contributed by atoms with E-state index in [0.29, 0.717) is 0 Å². The molecule has 0 saturated heterocycles. The van der Waals surface area contributed by atoms with Crippen molar-refractivity contribution in [3.05, 3.63) is 95.8 Å². The standard InChI is InChI=1S/C24H18FN3O2/c25-19-11-9-16(10-12-19)24(30)26-15-23(29)28-27-14-22-20-7-3-1-5-17(20)13-18-6-2-4-8-21(18)22/h1-14H,15H2,(H,26,30)(H,28,29)/b27-14-. The number of hydrazone groups is 1. The van der Waals surface area contributed by atoms with E-state index in [2.05, 4.69) is 21.9 Å². The summed E-state index contributed by atoms with van der Waals surface area (Å²) in [6, 6.07) is 23.1. The summed E-state index contributed by atoms with van der Waals surface area (Å²) in [7, 11) is 0. The highest BCUT2D eigenvalue weighted by molar-refractivity contribution is 6.13. The minimum Gasteiger partial charge on any atom is -0.343 e. The third kappa shape index (κ3) is 4.17. The summed E-state index contributed by atoms with van der Waals surface area (Å²) < 4.78 is 12.9. The normalized spacial score (nSPS) is 11.1. The Hall–Kier alpha value is -4.06. The van der Waals surface area contributed by atoms with Gasteiger partial charge in [0.05, 0.1) is 12.8 Å². The SMILES string of the molecule is O=C(CNC(=O)c1ccc(F)cc1)N/N=C\c1c2ccccc2cc2ccccc12. The maximum Gasteiger partial charge on any atom is 0.259 e. The van der Waals surface area contributed by atoms with Crippen LogP contribution in [0.2, 0.25) is 0 Å². The highest BCUT2D eigenvalue weighted by atomic mass is 19.1. The Morgan fingerprint density at radius 3 is 2.10 bits per heavy atom. The molecule has 0 radical (unpaired) electrons. The van der Waals surface area contributed by atoms with Crippen LogP contribution in [0.25, 0.3) is 21.5 Å². The molecule has 0 unspecified atom stereocenters. The first-order valence-corrected chi connectivity index (χ1v) is 9.38. The minimum atomic E-state index is -0.466. The first-order chi connectivity index (χ1) is 14.6. The lowest BCUT2D eigenvalue weighted by Gasteiger charge is -2.08. The average Bonchev–Trinajstić information content (AvgIpc) is 2.77. The highest BCUT2D eigenvalue weighted by Crippen LogP contribution is 2.27. The third-order valence-electron chi connectivity index (χ3n) is 4.71. The molecular weight excluding hydrogens is 381 g/mol. The van der Waals surface area contributed by atoms with Crippen molar-refractivity contribution in [2.24, 2.45) is 5.10 Å². The summed E-state index contributed by atoms with van der Waals surface area (Å²) in [5.74, 6) is -1.36. The molecule has 6 heteroatoms. The van der Waals surface area contributed by atoms with Crippen LogP contribution in [0.5, 0.6) is 0 Å². The Morgan fingerprint density at radius 1 is 0.867 bits per heavy atom. The molecule has 5 nitrogen and oxygen atoms in total. The number of hydrogen-bond acceptors (Lipinski definition) is 3. The lowest BCUT2D eigenvalue weighted by atomic mass is 9.97. The van der Waals surface area contributed by atoms with Gasteiger partial charge in [0, 0.05) is 11.1 Å². The molecule has 0 aliphatic carbocycles. The molecule has 0 aliphatic rings. The third-order valence-corrected chi connectivity index (χ3v) is 4.71. The number of hydrogen-bond donors (Lipinski definition) is 2. The molecule has 0 atom stereocenters. The van der Waals surface area contributed by atoms with Crippen molar-refractivity contribution >= 4 is 39.6 Å². The second-order valence-corrected chi connectivity index (χ2v) is 6.72. The molecule has 4 aromatic rings. The van der Waals surface area contributed by atoms with Gasteiger partial charge in [-0.2, -0.15) is 5.10 Å². The van der Waals surface area contributed by atoms with Gasteiger partial charge in [-0.25, -0.2) is 9.82 Å². The van der Waals surface area contributed by atoms with Gasteiger partial charge in [-0.05, 0) is 51.9 Å². The van der Waals surface area contributed by atoms with Crippen LogP contribution in [0.3, 0.4) is 0 Å². The number of carbonyl (C=O) groups excluding carboxylic acids is 2. The summed E-state index contributed by atoms with van der Waals surface area (Å²) in [5, 5.41) is 10.8. The van der Waals surface area contributed by atoms with Gasteiger partial charge in [0.25, 0.3) is 11.8 Å². The predicted octanol–water partition coefficient (Wildman–Crippen LogP) is 4.01. The number of carbonyl (C=O) groups is 2. The first-order valence-electron chi connectivity index (χ1n) is 9.38. The molecular formula is C24H18FN3O2. The van der Waals surface area contributed by atoms with Gasteiger partial charge < -0.3 is 5.32 Å². The Morgan fingerprint density at radius 2 is 1.47 bits per heavy atom. The number of halogens is 1. The van der Waals surface area contributed by atoms with Crippen LogP contribution >= 0.6 is 0 Å². The predicted molar refractivity (Wildman–Crippen MR) is 116 cm³/mol. The molecule has 0 saturated carbocycles. The van der Waals surface area contributed by atoms with E-state index in [1.54, 1.807) is 6.21 Å². The van der Waals surface area contributed by atoms with Gasteiger partial charge in [-0.3, -0.25) is 9.59 Å². The molecule has 4 rings (SSSR count). The van der Waals surface area contributed by atoms with E-state index in [4.69, 9.17) is 0 Å². The molecule has 0 aliphatic heterocycles. The van der Waals surface area contributed by atoms with Crippen molar-refractivity contribution in [2.45, 2.75) is 0 Å². The number of amides is 2. The summed E-state index contributed by atoms with van der Waals surface area (Å²) in [6.45, 7) is -0.246. The van der Waals surface area contributed by atoms with Gasteiger partial charge in [0.1, 0.15) is 5.82 Å². The Balaban J connectivity index is 1.46. The smallest absolute Gasteiger partial charge is 0.259 e. The molecule has 0 bridgehead atoms. The lowest BCUT2D eigenvalue weighted by molar-refractivity contribution is -0.120. The molecule has 4 aromatic carbocycles. The van der Waals surface area contributed by atoms with Crippen molar-refractivity contribution in [2.75, 3.05) is 6.54 Å². The van der Waals surface area contributed by atoms with Crippen molar-refractivity contribution in [3.8, 4) is 0 Å². The van der Waals surface area contributed by atoms with Gasteiger partial charge in [0.15, 0.2) is 0 Å². The number of nitrogens with one attached hydrogen (secondary N) is 2. The van der Waals surface area contributed by atoms with Crippen molar-refractivity contribution in [3.63, 3.8) is 0 Å². The monoisotopic (exact) mass is 399 g/mol. The molecule has 2 amide bonds. The van der Waals surface area contributed by atoms with Gasteiger partial charge in [-0.1, -0.05) is 48.5 Å². The molecule has 30 heavy (non-hydrogen) atoms. The molecule has 0 heterocycles. The largest absolute Gasteiger partial charge is 0.343 e. The molecule has 2 N–H and O–H groups in total. The second-order valence-electron chi connectivity index (χ2n) is 6.72. The quantitative estimate of drug-likeness (QED) is 0.302. The van der Waals surface area contributed by atoms with E-state index in [1.807, 2.05) is 48.5 Å². The zero-order chi connectivity index (χ0) is 20.9. The zero-order valence-electron chi connectivity index (χ0n) is 15.9. The Labute approximate surface area is 172 Å². The van der Waals surface area contributed by atoms with E-state index >= 15 is 0 Å². The van der Waals surface area contributed by atoms with Crippen LogP contribution < -0.4 is 10.7 Å². The fourth-order valence-electron chi connectivity index (χ4n) is 3.26. The van der Waals surface area contributed by atoms with E-state index in [-0.39, 0.29) is 12.1 Å². The second kappa shape index (κ2) is 8.53. The van der Waals surface area contributed by atoms with E-state index in [0.717, 1.165) is 27.1 Å². The summed E-state index contributed by atoms with van der Waals surface area (Å²) >= 11 is 0. The fraction of sp³-hybridized carbons (Fsp3) is 0.0417. The van der Waals surface area contributed by atoms with Crippen LogP contribution in [0.4, 0.5) is 4.39 Å². The van der Waals surface area contributed by atoms with Gasteiger partial charge in [-0.15, -0.1) is 0 Å². The topological polar surface area (TPSA) is 70.6 Å². The molecule has 0 fully saturated rings. The van der Waals surface area contributed by atoms with Crippen LogP contribution in [0.15, 0.2) is 84.0 Å². The highest BCUT2D eigenvalue weighted by Gasteiger charge is 2.08. The van der Waals surface area contributed by atoms with Crippen LogP contribution in [0.1, 0.15) is 15.9 Å². The zero-order valence-corrected chi connectivity index (χ0v) is 15.9. The first kappa shape index (κ1) is 19.3. The maximum atomic E-state index is 12.9. The Kier molecular flexibility index (Phi) is 5.48. The van der Waals surface area contributed by atoms with Crippen LogP contribution in [-0.2, 0) is 4.79 Å². The van der Waals surface area contributed by atoms with Crippen molar-refractivity contribution in [1.82, 2.24) is 10.7 Å². The molecule has 0 aromatic heterocycles. The summed E-state index contributed by atoms with van der Waals surface area (Å²) in [5.41, 5.74) is 3.61. The lowest BCUT2D eigenvalue weighted by Crippen LogP contribution is -2.34. The van der Waals surface area contributed by atoms with Crippen LogP contribution in [-0.4, -0.2) is 24.6 Å². The van der Waals surface area contributed by atoms with E-state index in [9.17, 15) is 14.0 Å². The van der Waals surface area contributed by atoms with E-state index < -0.39 is 17.6 Å². The average molecular weight is 399 g/mol. The Bertz CT molecular complexity index is 1210. The molecule has 148 valence electrons. The van der Waals surface area contributed by atoms with Gasteiger partial charge >= 0.3 is 0 Å². The fourth-order valence-corrected chi connectivity index (χ4v) is 3.26.